The van der Waals surface area contributed by atoms with E-state index in [1.54, 1.807) is 18.2 Å². The Kier molecular flexibility index (Phi) is 7.03. The molecule has 0 spiro atoms. The molecule has 110 valence electrons. The van der Waals surface area contributed by atoms with Crippen molar-refractivity contribution in [1.29, 1.82) is 0 Å². The lowest BCUT2D eigenvalue weighted by Crippen LogP contribution is -2.03. The molecule has 1 rings (SSSR count). The van der Waals surface area contributed by atoms with E-state index in [0.29, 0.717) is 30.3 Å². The highest BCUT2D eigenvalue weighted by molar-refractivity contribution is 5.81. The molecule has 0 radical (unpaired) electrons. The maximum atomic E-state index is 10.8. The van der Waals surface area contributed by atoms with E-state index in [4.69, 9.17) is 20.9 Å². The summed E-state index contributed by atoms with van der Waals surface area (Å²) in [5, 5.41) is 0. The number of anilines is 2. The van der Waals surface area contributed by atoms with Crippen molar-refractivity contribution in [2.75, 3.05) is 24.7 Å². The first-order chi connectivity index (χ1) is 9.63. The lowest BCUT2D eigenvalue weighted by atomic mass is 10.2. The van der Waals surface area contributed by atoms with Gasteiger partial charge >= 0.3 is 5.97 Å². The summed E-state index contributed by atoms with van der Waals surface area (Å²) in [6.45, 7) is 4.38. The van der Waals surface area contributed by atoms with E-state index < -0.39 is 0 Å². The first kappa shape index (κ1) is 15.9. The molecule has 0 aromatic heterocycles. The Bertz CT molecular complexity index is 447. The molecule has 5 heteroatoms. The summed E-state index contributed by atoms with van der Waals surface area (Å²) in [6, 6.07) is 5.22. The van der Waals surface area contributed by atoms with E-state index in [1.807, 2.05) is 0 Å². The fraction of sp³-hybridized carbons (Fsp3) is 0.400. The van der Waals surface area contributed by atoms with E-state index in [2.05, 4.69) is 6.58 Å². The number of carbonyl (C=O) groups excluding carboxylic acids is 1. The van der Waals surface area contributed by atoms with Crippen LogP contribution < -0.4 is 16.2 Å². The third-order valence-electron chi connectivity index (χ3n) is 2.74. The molecule has 0 aliphatic heterocycles. The van der Waals surface area contributed by atoms with E-state index >= 15 is 0 Å². The van der Waals surface area contributed by atoms with Crippen LogP contribution in [0.25, 0.3) is 0 Å². The Hall–Kier alpha value is -2.17. The Morgan fingerprint density at radius 2 is 1.85 bits per heavy atom. The van der Waals surface area contributed by atoms with Crippen LogP contribution in [-0.4, -0.2) is 19.2 Å². The van der Waals surface area contributed by atoms with Crippen LogP contribution in [0.5, 0.6) is 5.75 Å². The van der Waals surface area contributed by atoms with Gasteiger partial charge in [0.15, 0.2) is 0 Å². The van der Waals surface area contributed by atoms with Crippen LogP contribution in [0.3, 0.4) is 0 Å². The monoisotopic (exact) mass is 278 g/mol. The van der Waals surface area contributed by atoms with Crippen molar-refractivity contribution in [3.05, 3.63) is 30.9 Å². The highest BCUT2D eigenvalue weighted by atomic mass is 16.5. The number of ether oxygens (including phenoxy) is 2. The minimum absolute atomic E-state index is 0.368. The van der Waals surface area contributed by atoms with Crippen molar-refractivity contribution in [3.63, 3.8) is 0 Å². The number of nitrogens with two attached hydrogens (primary N) is 2. The first-order valence-electron chi connectivity index (χ1n) is 6.70. The zero-order valence-corrected chi connectivity index (χ0v) is 11.6. The quantitative estimate of drug-likeness (QED) is 0.313. The minimum atomic E-state index is -0.368. The second-order valence-electron chi connectivity index (χ2n) is 4.43. The van der Waals surface area contributed by atoms with Gasteiger partial charge in [0.05, 0.1) is 18.9 Å². The number of esters is 1. The summed E-state index contributed by atoms with van der Waals surface area (Å²) in [5.74, 6) is 0.297. The summed E-state index contributed by atoms with van der Waals surface area (Å²) < 4.78 is 10.5. The Morgan fingerprint density at radius 3 is 2.50 bits per heavy atom. The molecule has 1 aromatic rings. The number of rotatable bonds is 9. The number of carbonyl (C=O) groups is 1. The maximum absolute atomic E-state index is 10.8. The van der Waals surface area contributed by atoms with Gasteiger partial charge in [0.25, 0.3) is 0 Å². The standard InChI is InChI=1S/C15H22N2O3/c1-2-15(18)20-10-6-4-3-5-9-19-14-8-7-12(16)11-13(14)17/h2,7-8,11H,1,3-6,9-10,16-17H2. The third-order valence-corrected chi connectivity index (χ3v) is 2.74. The number of unbranched alkanes of at least 4 members (excludes halogenated alkanes) is 3. The van der Waals surface area contributed by atoms with Crippen molar-refractivity contribution in [1.82, 2.24) is 0 Å². The van der Waals surface area contributed by atoms with Gasteiger partial charge in [-0.25, -0.2) is 4.79 Å². The van der Waals surface area contributed by atoms with Gasteiger partial charge in [0.1, 0.15) is 5.75 Å². The maximum Gasteiger partial charge on any atom is 0.330 e. The van der Waals surface area contributed by atoms with Crippen LogP contribution in [-0.2, 0) is 9.53 Å². The van der Waals surface area contributed by atoms with Gasteiger partial charge < -0.3 is 20.9 Å². The van der Waals surface area contributed by atoms with Gasteiger partial charge in [-0.2, -0.15) is 0 Å². The molecular weight excluding hydrogens is 256 g/mol. The van der Waals surface area contributed by atoms with Crippen LogP contribution in [0, 0.1) is 0 Å². The van der Waals surface area contributed by atoms with Crippen molar-refractivity contribution in [2.45, 2.75) is 25.7 Å². The van der Waals surface area contributed by atoms with Crippen LogP contribution in [0.1, 0.15) is 25.7 Å². The largest absolute Gasteiger partial charge is 0.491 e. The molecular formula is C15H22N2O3. The fourth-order valence-corrected chi connectivity index (χ4v) is 1.67. The van der Waals surface area contributed by atoms with Crippen molar-refractivity contribution in [2.24, 2.45) is 0 Å². The summed E-state index contributed by atoms with van der Waals surface area (Å²) in [7, 11) is 0. The number of benzene rings is 1. The Balaban J connectivity index is 2.05. The summed E-state index contributed by atoms with van der Waals surface area (Å²) >= 11 is 0. The van der Waals surface area contributed by atoms with Gasteiger partial charge in [-0.05, 0) is 43.9 Å². The average molecular weight is 278 g/mol. The molecule has 0 heterocycles. The van der Waals surface area contributed by atoms with Crippen LogP contribution in [0.4, 0.5) is 11.4 Å². The molecule has 0 atom stereocenters. The number of nitrogen functional groups attached to an aromatic ring is 2. The molecule has 4 N–H and O–H groups in total. The second kappa shape index (κ2) is 8.85. The first-order valence-corrected chi connectivity index (χ1v) is 6.70. The molecule has 5 nitrogen and oxygen atoms in total. The Labute approximate surface area is 119 Å². The molecule has 20 heavy (non-hydrogen) atoms. The molecule has 0 bridgehead atoms. The van der Waals surface area contributed by atoms with E-state index in [-0.39, 0.29) is 5.97 Å². The SMILES string of the molecule is C=CC(=O)OCCCCCCOc1ccc(N)cc1N. The van der Waals surface area contributed by atoms with Gasteiger partial charge in [-0.1, -0.05) is 6.58 Å². The summed E-state index contributed by atoms with van der Waals surface area (Å²) in [6.07, 6.45) is 4.96. The van der Waals surface area contributed by atoms with Crippen molar-refractivity contribution < 1.29 is 14.3 Å². The number of hydrogen-bond donors (Lipinski definition) is 2. The topological polar surface area (TPSA) is 87.6 Å². The number of hydrogen-bond acceptors (Lipinski definition) is 5. The minimum Gasteiger partial charge on any atom is -0.491 e. The normalized spacial score (nSPS) is 10.0. The lowest BCUT2D eigenvalue weighted by Gasteiger charge is -2.09. The highest BCUT2D eigenvalue weighted by Crippen LogP contribution is 2.23. The Morgan fingerprint density at radius 1 is 1.15 bits per heavy atom. The van der Waals surface area contributed by atoms with Crippen LogP contribution >= 0.6 is 0 Å². The summed E-state index contributed by atoms with van der Waals surface area (Å²) in [5.41, 5.74) is 12.6. The van der Waals surface area contributed by atoms with Gasteiger partial charge in [0, 0.05) is 11.8 Å². The zero-order valence-electron chi connectivity index (χ0n) is 11.6. The molecule has 0 saturated carbocycles. The lowest BCUT2D eigenvalue weighted by molar-refractivity contribution is -0.137. The van der Waals surface area contributed by atoms with Crippen LogP contribution in [0.2, 0.25) is 0 Å². The summed E-state index contributed by atoms with van der Waals surface area (Å²) in [4.78, 5) is 10.8. The van der Waals surface area contributed by atoms with Gasteiger partial charge in [-0.3, -0.25) is 0 Å². The highest BCUT2D eigenvalue weighted by Gasteiger charge is 2.00. The molecule has 0 amide bonds. The predicted molar refractivity (Wildman–Crippen MR) is 80.4 cm³/mol. The van der Waals surface area contributed by atoms with Gasteiger partial charge in [0.2, 0.25) is 0 Å². The van der Waals surface area contributed by atoms with E-state index in [0.717, 1.165) is 25.7 Å². The van der Waals surface area contributed by atoms with E-state index in [9.17, 15) is 4.79 Å². The molecule has 0 fully saturated rings. The van der Waals surface area contributed by atoms with Gasteiger partial charge in [-0.15, -0.1) is 0 Å². The van der Waals surface area contributed by atoms with E-state index in [1.165, 1.54) is 6.08 Å². The average Bonchev–Trinajstić information content (AvgIpc) is 2.43. The smallest absolute Gasteiger partial charge is 0.330 e. The van der Waals surface area contributed by atoms with Crippen molar-refractivity contribution >= 4 is 17.3 Å². The third kappa shape index (κ3) is 6.13. The van der Waals surface area contributed by atoms with Crippen LogP contribution in [0.15, 0.2) is 30.9 Å². The molecule has 0 aliphatic rings. The molecule has 1 aromatic carbocycles. The second-order valence-corrected chi connectivity index (χ2v) is 4.43. The zero-order chi connectivity index (χ0) is 14.8. The van der Waals surface area contributed by atoms with Crippen molar-refractivity contribution in [3.8, 4) is 5.75 Å². The predicted octanol–water partition coefficient (Wildman–Crippen LogP) is 2.52. The fourth-order valence-electron chi connectivity index (χ4n) is 1.67. The molecule has 0 aliphatic carbocycles. The molecule has 0 unspecified atom stereocenters. The molecule has 0 saturated heterocycles.